The molecule has 1 aliphatic rings. The molecule has 0 amide bonds. The molecule has 16 heavy (non-hydrogen) atoms. The summed E-state index contributed by atoms with van der Waals surface area (Å²) in [6.07, 6.45) is 7.08. The number of aliphatic hydroxyl groups is 1. The van der Waals surface area contributed by atoms with Crippen LogP contribution in [0.1, 0.15) is 52.4 Å². The molecule has 1 saturated carbocycles. The van der Waals surface area contributed by atoms with E-state index >= 15 is 0 Å². The van der Waals surface area contributed by atoms with E-state index in [2.05, 4.69) is 19.2 Å². The molecule has 0 radical (unpaired) electrons. The fourth-order valence-electron chi connectivity index (χ4n) is 2.53. The summed E-state index contributed by atoms with van der Waals surface area (Å²) in [6.45, 7) is 4.67. The van der Waals surface area contributed by atoms with Gasteiger partial charge in [0.1, 0.15) is 0 Å². The minimum Gasteiger partial charge on any atom is -0.396 e. The summed E-state index contributed by atoms with van der Waals surface area (Å²) >= 11 is 0. The molecule has 1 fully saturated rings. The standard InChI is InChI=1S/C13H27NO2/c1-4-13(2,9-10-15)14-11-5-7-12(16-3)8-6-11/h11-12,14-15H,4-10H2,1-3H3. The lowest BCUT2D eigenvalue weighted by Gasteiger charge is -2.37. The maximum atomic E-state index is 9.08. The van der Waals surface area contributed by atoms with Crippen LogP contribution in [0.4, 0.5) is 0 Å². The fraction of sp³-hybridized carbons (Fsp3) is 1.00. The Balaban J connectivity index is 2.36. The van der Waals surface area contributed by atoms with Gasteiger partial charge in [-0.05, 0) is 45.4 Å². The molecular formula is C13H27NO2. The largest absolute Gasteiger partial charge is 0.396 e. The first-order valence-corrected chi connectivity index (χ1v) is 6.55. The van der Waals surface area contributed by atoms with Crippen LogP contribution in [-0.4, -0.2) is 36.5 Å². The van der Waals surface area contributed by atoms with Crippen LogP contribution in [0.25, 0.3) is 0 Å². The zero-order chi connectivity index (χ0) is 12.0. The number of aliphatic hydroxyl groups excluding tert-OH is 1. The molecule has 0 aromatic rings. The number of ether oxygens (including phenoxy) is 1. The van der Waals surface area contributed by atoms with Gasteiger partial charge in [-0.1, -0.05) is 6.92 Å². The molecule has 1 atom stereocenters. The normalized spacial score (nSPS) is 30.0. The van der Waals surface area contributed by atoms with Crippen LogP contribution in [0.3, 0.4) is 0 Å². The summed E-state index contributed by atoms with van der Waals surface area (Å²) in [5.74, 6) is 0. The average molecular weight is 229 g/mol. The van der Waals surface area contributed by atoms with E-state index < -0.39 is 0 Å². The molecule has 1 unspecified atom stereocenters. The van der Waals surface area contributed by atoms with Crippen molar-refractivity contribution in [2.24, 2.45) is 0 Å². The van der Waals surface area contributed by atoms with Crippen molar-refractivity contribution in [2.45, 2.75) is 70.1 Å². The molecule has 2 N–H and O–H groups in total. The van der Waals surface area contributed by atoms with Gasteiger partial charge < -0.3 is 15.2 Å². The Labute approximate surface area is 99.6 Å². The van der Waals surface area contributed by atoms with E-state index in [4.69, 9.17) is 9.84 Å². The van der Waals surface area contributed by atoms with Crippen LogP contribution in [0.2, 0.25) is 0 Å². The molecule has 0 aromatic heterocycles. The monoisotopic (exact) mass is 229 g/mol. The molecule has 1 aliphatic carbocycles. The summed E-state index contributed by atoms with van der Waals surface area (Å²) in [6, 6.07) is 0.600. The first-order valence-electron chi connectivity index (χ1n) is 6.55. The zero-order valence-corrected chi connectivity index (χ0v) is 11.0. The molecule has 3 nitrogen and oxygen atoms in total. The molecular weight excluding hydrogens is 202 g/mol. The topological polar surface area (TPSA) is 41.5 Å². The number of methoxy groups -OCH3 is 1. The minimum atomic E-state index is 0.0966. The molecule has 0 saturated heterocycles. The number of hydrogen-bond acceptors (Lipinski definition) is 3. The van der Waals surface area contributed by atoms with Crippen molar-refractivity contribution in [1.29, 1.82) is 0 Å². The van der Waals surface area contributed by atoms with Crippen LogP contribution in [-0.2, 0) is 4.74 Å². The molecule has 0 bridgehead atoms. The predicted octanol–water partition coefficient (Wildman–Crippen LogP) is 2.08. The van der Waals surface area contributed by atoms with Crippen molar-refractivity contribution in [3.8, 4) is 0 Å². The Kier molecular flexibility index (Phi) is 5.73. The number of rotatable bonds is 6. The lowest BCUT2D eigenvalue weighted by molar-refractivity contribution is 0.0566. The second kappa shape index (κ2) is 6.58. The SMILES string of the molecule is CCC(C)(CCO)NC1CCC(OC)CC1. The van der Waals surface area contributed by atoms with Gasteiger partial charge in [-0.25, -0.2) is 0 Å². The highest BCUT2D eigenvalue weighted by Crippen LogP contribution is 2.24. The molecule has 1 rings (SSSR count). The smallest absolute Gasteiger partial charge is 0.0572 e. The number of hydrogen-bond donors (Lipinski definition) is 2. The molecule has 3 heteroatoms. The molecule has 0 spiro atoms. The summed E-state index contributed by atoms with van der Waals surface area (Å²) in [5.41, 5.74) is 0.0966. The third kappa shape index (κ3) is 4.04. The Morgan fingerprint density at radius 2 is 1.94 bits per heavy atom. The molecule has 96 valence electrons. The lowest BCUT2D eigenvalue weighted by Crippen LogP contribution is -2.49. The molecule has 0 heterocycles. The van der Waals surface area contributed by atoms with E-state index in [0.29, 0.717) is 12.1 Å². The summed E-state index contributed by atoms with van der Waals surface area (Å²) in [7, 11) is 1.81. The van der Waals surface area contributed by atoms with Gasteiger partial charge in [0.2, 0.25) is 0 Å². The maximum Gasteiger partial charge on any atom is 0.0572 e. The Hall–Kier alpha value is -0.120. The first-order chi connectivity index (χ1) is 7.63. The van der Waals surface area contributed by atoms with Crippen LogP contribution in [0.5, 0.6) is 0 Å². The number of nitrogens with one attached hydrogen (secondary N) is 1. The highest BCUT2D eigenvalue weighted by molar-refractivity contribution is 4.88. The highest BCUT2D eigenvalue weighted by atomic mass is 16.5. The summed E-state index contributed by atoms with van der Waals surface area (Å²) < 4.78 is 5.38. The first kappa shape index (κ1) is 13.9. The minimum absolute atomic E-state index is 0.0966. The van der Waals surface area contributed by atoms with Gasteiger partial charge in [0.05, 0.1) is 6.10 Å². The van der Waals surface area contributed by atoms with Gasteiger partial charge in [0.25, 0.3) is 0 Å². The van der Waals surface area contributed by atoms with Crippen molar-refractivity contribution in [3.63, 3.8) is 0 Å². The van der Waals surface area contributed by atoms with Crippen LogP contribution in [0.15, 0.2) is 0 Å². The summed E-state index contributed by atoms with van der Waals surface area (Å²) in [4.78, 5) is 0. The Morgan fingerprint density at radius 3 is 2.38 bits per heavy atom. The quantitative estimate of drug-likeness (QED) is 0.733. The van der Waals surface area contributed by atoms with E-state index in [9.17, 15) is 0 Å². The zero-order valence-electron chi connectivity index (χ0n) is 11.0. The van der Waals surface area contributed by atoms with Crippen LogP contribution < -0.4 is 5.32 Å². The Morgan fingerprint density at radius 1 is 1.31 bits per heavy atom. The van der Waals surface area contributed by atoms with Gasteiger partial charge in [0.15, 0.2) is 0 Å². The third-order valence-electron chi connectivity index (χ3n) is 4.00. The van der Waals surface area contributed by atoms with Gasteiger partial charge in [-0.2, -0.15) is 0 Å². The van der Waals surface area contributed by atoms with Crippen LogP contribution in [0, 0.1) is 0 Å². The van der Waals surface area contributed by atoms with Gasteiger partial charge in [-0.15, -0.1) is 0 Å². The fourth-order valence-corrected chi connectivity index (χ4v) is 2.53. The second-order valence-electron chi connectivity index (χ2n) is 5.24. The van der Waals surface area contributed by atoms with E-state index in [1.807, 2.05) is 0 Å². The van der Waals surface area contributed by atoms with Gasteiger partial charge in [0, 0.05) is 25.3 Å². The molecule has 0 aliphatic heterocycles. The predicted molar refractivity (Wildman–Crippen MR) is 66.6 cm³/mol. The van der Waals surface area contributed by atoms with Crippen molar-refractivity contribution < 1.29 is 9.84 Å². The van der Waals surface area contributed by atoms with E-state index in [1.165, 1.54) is 12.8 Å². The van der Waals surface area contributed by atoms with E-state index in [1.54, 1.807) is 7.11 Å². The van der Waals surface area contributed by atoms with Gasteiger partial charge >= 0.3 is 0 Å². The van der Waals surface area contributed by atoms with Crippen molar-refractivity contribution >= 4 is 0 Å². The third-order valence-corrected chi connectivity index (χ3v) is 4.00. The second-order valence-corrected chi connectivity index (χ2v) is 5.24. The molecule has 0 aromatic carbocycles. The van der Waals surface area contributed by atoms with Gasteiger partial charge in [-0.3, -0.25) is 0 Å². The van der Waals surface area contributed by atoms with Crippen molar-refractivity contribution in [2.75, 3.05) is 13.7 Å². The average Bonchev–Trinajstić information content (AvgIpc) is 2.30. The lowest BCUT2D eigenvalue weighted by atomic mass is 9.88. The summed E-state index contributed by atoms with van der Waals surface area (Å²) in [5, 5.41) is 12.8. The van der Waals surface area contributed by atoms with Crippen molar-refractivity contribution in [1.82, 2.24) is 5.32 Å². The highest BCUT2D eigenvalue weighted by Gasteiger charge is 2.28. The Bertz CT molecular complexity index is 190. The van der Waals surface area contributed by atoms with Crippen LogP contribution >= 0.6 is 0 Å². The van der Waals surface area contributed by atoms with Crippen molar-refractivity contribution in [3.05, 3.63) is 0 Å². The van der Waals surface area contributed by atoms with E-state index in [0.717, 1.165) is 25.7 Å². The van der Waals surface area contributed by atoms with E-state index in [-0.39, 0.29) is 12.1 Å². The maximum absolute atomic E-state index is 9.08.